The highest BCUT2D eigenvalue weighted by atomic mass is 35.5. The SMILES string of the molecule is Cc1nc(NN)cc(N(C)Cc2cccc(Cl)c2)n1. The minimum atomic E-state index is 0.598. The van der Waals surface area contributed by atoms with E-state index in [0.29, 0.717) is 18.2 Å². The second-order valence-corrected chi connectivity index (χ2v) is 4.73. The fourth-order valence-electron chi connectivity index (χ4n) is 1.81. The molecule has 3 N–H and O–H groups in total. The molecule has 0 aliphatic rings. The maximum Gasteiger partial charge on any atom is 0.145 e. The lowest BCUT2D eigenvalue weighted by Gasteiger charge is -2.19. The molecule has 0 aliphatic carbocycles. The molecule has 0 atom stereocenters. The van der Waals surface area contributed by atoms with Crippen molar-refractivity contribution in [1.82, 2.24) is 9.97 Å². The number of hydrogen-bond donors (Lipinski definition) is 2. The summed E-state index contributed by atoms with van der Waals surface area (Å²) >= 11 is 5.98. The summed E-state index contributed by atoms with van der Waals surface area (Å²) in [7, 11) is 1.96. The zero-order valence-electron chi connectivity index (χ0n) is 10.9. The maximum atomic E-state index is 5.98. The first-order chi connectivity index (χ1) is 9.08. The normalized spacial score (nSPS) is 10.3. The number of aromatic nitrogens is 2. The Balaban J connectivity index is 2.20. The highest BCUT2D eigenvalue weighted by molar-refractivity contribution is 6.30. The molecule has 2 rings (SSSR count). The fourth-order valence-corrected chi connectivity index (χ4v) is 2.02. The summed E-state index contributed by atoms with van der Waals surface area (Å²) in [6, 6.07) is 9.56. The lowest BCUT2D eigenvalue weighted by molar-refractivity contribution is 0.879. The van der Waals surface area contributed by atoms with Gasteiger partial charge in [0.05, 0.1) is 0 Å². The van der Waals surface area contributed by atoms with Crippen molar-refractivity contribution in [3.8, 4) is 0 Å². The Morgan fingerprint density at radius 2 is 2.11 bits per heavy atom. The van der Waals surface area contributed by atoms with Crippen LogP contribution in [-0.4, -0.2) is 17.0 Å². The van der Waals surface area contributed by atoms with Gasteiger partial charge in [-0.05, 0) is 24.6 Å². The molecule has 0 fully saturated rings. The van der Waals surface area contributed by atoms with Crippen molar-refractivity contribution in [2.45, 2.75) is 13.5 Å². The van der Waals surface area contributed by atoms with Gasteiger partial charge in [-0.15, -0.1) is 0 Å². The van der Waals surface area contributed by atoms with E-state index in [1.165, 1.54) is 0 Å². The highest BCUT2D eigenvalue weighted by Gasteiger charge is 2.07. The van der Waals surface area contributed by atoms with E-state index in [9.17, 15) is 0 Å². The van der Waals surface area contributed by atoms with Gasteiger partial charge in [0, 0.05) is 24.7 Å². The zero-order valence-corrected chi connectivity index (χ0v) is 11.6. The largest absolute Gasteiger partial charge is 0.355 e. The van der Waals surface area contributed by atoms with Gasteiger partial charge in [0.25, 0.3) is 0 Å². The van der Waals surface area contributed by atoms with Crippen LogP contribution in [0.3, 0.4) is 0 Å². The average Bonchev–Trinajstić information content (AvgIpc) is 2.38. The van der Waals surface area contributed by atoms with E-state index in [0.717, 1.165) is 16.4 Å². The Labute approximate surface area is 117 Å². The number of nitrogen functional groups attached to an aromatic ring is 1. The van der Waals surface area contributed by atoms with Crippen LogP contribution in [0.4, 0.5) is 11.6 Å². The van der Waals surface area contributed by atoms with E-state index >= 15 is 0 Å². The van der Waals surface area contributed by atoms with Gasteiger partial charge in [-0.2, -0.15) is 0 Å². The Bertz CT molecular complexity index is 573. The van der Waals surface area contributed by atoms with Gasteiger partial charge < -0.3 is 10.3 Å². The topological polar surface area (TPSA) is 67.1 Å². The van der Waals surface area contributed by atoms with Crippen LogP contribution in [0.2, 0.25) is 5.02 Å². The van der Waals surface area contributed by atoms with Crippen LogP contribution < -0.4 is 16.2 Å². The van der Waals surface area contributed by atoms with Crippen molar-refractivity contribution in [2.75, 3.05) is 17.4 Å². The third-order valence-electron chi connectivity index (χ3n) is 2.67. The van der Waals surface area contributed by atoms with Crippen LogP contribution in [0, 0.1) is 6.92 Å². The van der Waals surface area contributed by atoms with Crippen molar-refractivity contribution in [2.24, 2.45) is 5.84 Å². The van der Waals surface area contributed by atoms with Gasteiger partial charge in [0.1, 0.15) is 17.5 Å². The maximum absolute atomic E-state index is 5.98. The number of hydrogen-bond acceptors (Lipinski definition) is 5. The molecule has 19 heavy (non-hydrogen) atoms. The van der Waals surface area contributed by atoms with Crippen LogP contribution in [0.25, 0.3) is 0 Å². The molecule has 100 valence electrons. The number of nitrogens with one attached hydrogen (secondary N) is 1. The lowest BCUT2D eigenvalue weighted by atomic mass is 10.2. The number of nitrogens with two attached hydrogens (primary N) is 1. The number of hydrazine groups is 1. The molecule has 2 aromatic rings. The first-order valence-electron chi connectivity index (χ1n) is 5.86. The predicted octanol–water partition coefficient (Wildman–Crippen LogP) is 2.36. The van der Waals surface area contributed by atoms with E-state index < -0.39 is 0 Å². The predicted molar refractivity (Wildman–Crippen MR) is 78.1 cm³/mol. The summed E-state index contributed by atoms with van der Waals surface area (Å²) in [4.78, 5) is 10.6. The molecule has 0 radical (unpaired) electrons. The smallest absolute Gasteiger partial charge is 0.145 e. The minimum Gasteiger partial charge on any atom is -0.355 e. The van der Waals surface area contributed by atoms with E-state index in [-0.39, 0.29) is 0 Å². The molecule has 1 aromatic carbocycles. The molecule has 0 aliphatic heterocycles. The molecule has 0 spiro atoms. The van der Waals surface area contributed by atoms with Crippen LogP contribution in [0.5, 0.6) is 0 Å². The fraction of sp³-hybridized carbons (Fsp3) is 0.231. The monoisotopic (exact) mass is 277 g/mol. The summed E-state index contributed by atoms with van der Waals surface area (Å²) in [5.41, 5.74) is 3.66. The van der Waals surface area contributed by atoms with Gasteiger partial charge in [0.2, 0.25) is 0 Å². The third kappa shape index (κ3) is 3.56. The average molecular weight is 278 g/mol. The van der Waals surface area contributed by atoms with Crippen molar-refractivity contribution < 1.29 is 0 Å². The van der Waals surface area contributed by atoms with Gasteiger partial charge in [-0.1, -0.05) is 23.7 Å². The zero-order chi connectivity index (χ0) is 13.8. The van der Waals surface area contributed by atoms with E-state index in [4.69, 9.17) is 17.4 Å². The second-order valence-electron chi connectivity index (χ2n) is 4.29. The van der Waals surface area contributed by atoms with E-state index in [1.54, 1.807) is 6.07 Å². The Kier molecular flexibility index (Phi) is 4.19. The van der Waals surface area contributed by atoms with Crippen LogP contribution in [-0.2, 0) is 6.54 Å². The third-order valence-corrected chi connectivity index (χ3v) is 2.91. The molecule has 0 amide bonds. The van der Waals surface area contributed by atoms with Crippen molar-refractivity contribution >= 4 is 23.2 Å². The standard InChI is InChI=1S/C13H16ClN5/c1-9-16-12(18-15)7-13(17-9)19(2)8-10-4-3-5-11(14)6-10/h3-7H,8,15H2,1-2H3,(H,16,17,18). The number of nitrogens with zero attached hydrogens (tertiary/aromatic N) is 3. The Hall–Kier alpha value is -1.85. The summed E-state index contributed by atoms with van der Waals surface area (Å²) in [6.45, 7) is 2.54. The number of rotatable bonds is 4. The van der Waals surface area contributed by atoms with Crippen molar-refractivity contribution in [3.63, 3.8) is 0 Å². The van der Waals surface area contributed by atoms with Crippen LogP contribution in [0.15, 0.2) is 30.3 Å². The van der Waals surface area contributed by atoms with Crippen LogP contribution >= 0.6 is 11.6 Å². The lowest BCUT2D eigenvalue weighted by Crippen LogP contribution is -2.19. The molecular formula is C13H16ClN5. The first-order valence-corrected chi connectivity index (χ1v) is 6.24. The van der Waals surface area contributed by atoms with E-state index in [2.05, 4.69) is 15.4 Å². The summed E-state index contributed by atoms with van der Waals surface area (Å²) < 4.78 is 0. The van der Waals surface area contributed by atoms with E-state index in [1.807, 2.05) is 43.1 Å². The quantitative estimate of drug-likeness (QED) is 0.663. The molecule has 1 aromatic heterocycles. The molecule has 0 saturated heterocycles. The molecule has 0 bridgehead atoms. The van der Waals surface area contributed by atoms with Crippen molar-refractivity contribution in [3.05, 3.63) is 46.7 Å². The minimum absolute atomic E-state index is 0.598. The molecule has 5 nitrogen and oxygen atoms in total. The second kappa shape index (κ2) is 5.86. The number of halogens is 1. The first kappa shape index (κ1) is 13.6. The Morgan fingerprint density at radius 3 is 2.79 bits per heavy atom. The van der Waals surface area contributed by atoms with Crippen molar-refractivity contribution in [1.29, 1.82) is 0 Å². The molecular weight excluding hydrogens is 262 g/mol. The molecule has 0 unspecified atom stereocenters. The Morgan fingerprint density at radius 1 is 1.32 bits per heavy atom. The number of aryl methyl sites for hydroxylation is 1. The summed E-state index contributed by atoms with van der Waals surface area (Å²) in [6.07, 6.45) is 0. The van der Waals surface area contributed by atoms with Gasteiger partial charge >= 0.3 is 0 Å². The van der Waals surface area contributed by atoms with Gasteiger partial charge in [-0.3, -0.25) is 0 Å². The highest BCUT2D eigenvalue weighted by Crippen LogP contribution is 2.18. The summed E-state index contributed by atoms with van der Waals surface area (Å²) in [5, 5.41) is 0.731. The molecule has 6 heteroatoms. The summed E-state index contributed by atoms with van der Waals surface area (Å²) in [5.74, 6) is 7.46. The van der Waals surface area contributed by atoms with Gasteiger partial charge in [-0.25, -0.2) is 15.8 Å². The number of benzene rings is 1. The molecule has 0 saturated carbocycles. The number of anilines is 2. The van der Waals surface area contributed by atoms with Gasteiger partial charge in [0.15, 0.2) is 0 Å². The molecule has 1 heterocycles. The van der Waals surface area contributed by atoms with Crippen LogP contribution in [0.1, 0.15) is 11.4 Å².